The Labute approximate surface area is 129 Å². The minimum absolute atomic E-state index is 0.135. The molecule has 0 saturated carbocycles. The van der Waals surface area contributed by atoms with Crippen molar-refractivity contribution < 1.29 is 24.2 Å². The Kier molecular flexibility index (Phi) is 7.06. The van der Waals surface area contributed by atoms with Crippen LogP contribution in [-0.4, -0.2) is 30.3 Å². The van der Waals surface area contributed by atoms with E-state index in [-0.39, 0.29) is 19.6 Å². The number of aliphatic hydroxyl groups is 1. The molecule has 1 rings (SSSR count). The Morgan fingerprint density at radius 2 is 1.64 bits per heavy atom. The van der Waals surface area contributed by atoms with E-state index in [1.165, 1.54) is 0 Å². The van der Waals surface area contributed by atoms with Gasteiger partial charge in [-0.3, -0.25) is 9.59 Å². The largest absolute Gasteiger partial charge is 0.465 e. The maximum atomic E-state index is 11.8. The van der Waals surface area contributed by atoms with E-state index in [1.54, 1.807) is 38.1 Å². The molecule has 0 bridgehead atoms. The third kappa shape index (κ3) is 4.86. The van der Waals surface area contributed by atoms with Crippen LogP contribution in [0.1, 0.15) is 37.5 Å². The molecule has 0 heterocycles. The Morgan fingerprint density at radius 3 is 2.05 bits per heavy atom. The van der Waals surface area contributed by atoms with Crippen molar-refractivity contribution in [3.05, 3.63) is 35.4 Å². The number of carbonyl (C=O) groups is 2. The van der Waals surface area contributed by atoms with Gasteiger partial charge in [0.05, 0.1) is 31.0 Å². The van der Waals surface area contributed by atoms with Gasteiger partial charge >= 0.3 is 11.9 Å². The van der Waals surface area contributed by atoms with Crippen molar-refractivity contribution >= 4 is 11.9 Å². The first kappa shape index (κ1) is 17.7. The molecule has 1 unspecified atom stereocenters. The SMILES string of the molecule is CCOC(=O)C(CC(O)c1ccc(C#N)cc1)C(=O)OCC. The topological polar surface area (TPSA) is 96.6 Å². The van der Waals surface area contributed by atoms with Gasteiger partial charge in [-0.1, -0.05) is 12.1 Å². The van der Waals surface area contributed by atoms with E-state index in [0.29, 0.717) is 11.1 Å². The summed E-state index contributed by atoms with van der Waals surface area (Å²) >= 11 is 0. The van der Waals surface area contributed by atoms with E-state index < -0.39 is 24.0 Å². The van der Waals surface area contributed by atoms with Gasteiger partial charge in [-0.25, -0.2) is 0 Å². The highest BCUT2D eigenvalue weighted by atomic mass is 16.6. The fourth-order valence-electron chi connectivity index (χ4n) is 1.91. The van der Waals surface area contributed by atoms with Crippen LogP contribution in [0.3, 0.4) is 0 Å². The Hall–Kier alpha value is -2.39. The van der Waals surface area contributed by atoms with Crippen molar-refractivity contribution in [2.75, 3.05) is 13.2 Å². The van der Waals surface area contributed by atoms with Gasteiger partial charge in [0, 0.05) is 6.42 Å². The van der Waals surface area contributed by atoms with Crippen molar-refractivity contribution in [1.82, 2.24) is 0 Å². The van der Waals surface area contributed by atoms with Gasteiger partial charge in [-0.2, -0.15) is 5.26 Å². The number of carbonyl (C=O) groups excluding carboxylic acids is 2. The Balaban J connectivity index is 2.84. The molecule has 1 aromatic carbocycles. The summed E-state index contributed by atoms with van der Waals surface area (Å²) in [4.78, 5) is 23.7. The summed E-state index contributed by atoms with van der Waals surface area (Å²) < 4.78 is 9.70. The summed E-state index contributed by atoms with van der Waals surface area (Å²) in [5.74, 6) is -2.60. The number of aliphatic hydroxyl groups excluding tert-OH is 1. The van der Waals surface area contributed by atoms with Gasteiger partial charge < -0.3 is 14.6 Å². The summed E-state index contributed by atoms with van der Waals surface area (Å²) in [6, 6.07) is 8.25. The molecule has 1 N–H and O–H groups in total. The molecule has 0 aliphatic carbocycles. The molecule has 6 nitrogen and oxygen atoms in total. The lowest BCUT2D eigenvalue weighted by Gasteiger charge is -2.18. The molecule has 0 radical (unpaired) electrons. The van der Waals surface area contributed by atoms with Crippen LogP contribution in [-0.2, 0) is 19.1 Å². The highest BCUT2D eigenvalue weighted by Gasteiger charge is 2.32. The first-order valence-electron chi connectivity index (χ1n) is 7.04. The third-order valence-corrected chi connectivity index (χ3v) is 3.03. The fourth-order valence-corrected chi connectivity index (χ4v) is 1.91. The van der Waals surface area contributed by atoms with Crippen molar-refractivity contribution in [1.29, 1.82) is 5.26 Å². The van der Waals surface area contributed by atoms with Crippen LogP contribution < -0.4 is 0 Å². The molecule has 0 fully saturated rings. The lowest BCUT2D eigenvalue weighted by atomic mass is 9.96. The van der Waals surface area contributed by atoms with E-state index >= 15 is 0 Å². The highest BCUT2D eigenvalue weighted by Crippen LogP contribution is 2.23. The van der Waals surface area contributed by atoms with Crippen molar-refractivity contribution in [3.63, 3.8) is 0 Å². The van der Waals surface area contributed by atoms with Crippen molar-refractivity contribution in [2.45, 2.75) is 26.4 Å². The second-order valence-electron chi connectivity index (χ2n) is 4.54. The molecule has 0 saturated heterocycles. The van der Waals surface area contributed by atoms with Gasteiger partial charge in [0.15, 0.2) is 5.92 Å². The van der Waals surface area contributed by atoms with Crippen LogP contribution >= 0.6 is 0 Å². The monoisotopic (exact) mass is 305 g/mol. The van der Waals surface area contributed by atoms with Gasteiger partial charge in [-0.05, 0) is 31.5 Å². The molecule has 0 aliphatic heterocycles. The van der Waals surface area contributed by atoms with Crippen molar-refractivity contribution in [2.24, 2.45) is 5.92 Å². The molecule has 1 atom stereocenters. The first-order valence-corrected chi connectivity index (χ1v) is 7.04. The second-order valence-corrected chi connectivity index (χ2v) is 4.54. The molecule has 22 heavy (non-hydrogen) atoms. The summed E-state index contributed by atoms with van der Waals surface area (Å²) in [6.45, 7) is 3.55. The van der Waals surface area contributed by atoms with Crippen LogP contribution in [0.5, 0.6) is 0 Å². The maximum Gasteiger partial charge on any atom is 0.320 e. The summed E-state index contributed by atoms with van der Waals surface area (Å²) in [6.07, 6.45) is -1.17. The number of benzene rings is 1. The highest BCUT2D eigenvalue weighted by molar-refractivity contribution is 5.94. The number of rotatable bonds is 7. The molecule has 118 valence electrons. The van der Waals surface area contributed by atoms with E-state index in [2.05, 4.69) is 0 Å². The van der Waals surface area contributed by atoms with E-state index in [4.69, 9.17) is 14.7 Å². The van der Waals surface area contributed by atoms with Gasteiger partial charge in [0.25, 0.3) is 0 Å². The lowest BCUT2D eigenvalue weighted by molar-refractivity contribution is -0.163. The van der Waals surface area contributed by atoms with Crippen LogP contribution in [0.25, 0.3) is 0 Å². The number of nitrogens with zero attached hydrogens (tertiary/aromatic N) is 1. The molecule has 0 aromatic heterocycles. The zero-order valence-electron chi connectivity index (χ0n) is 12.6. The van der Waals surface area contributed by atoms with Gasteiger partial charge in [0.2, 0.25) is 0 Å². The van der Waals surface area contributed by atoms with Gasteiger partial charge in [-0.15, -0.1) is 0 Å². The Morgan fingerprint density at radius 1 is 1.14 bits per heavy atom. The minimum Gasteiger partial charge on any atom is -0.465 e. The maximum absolute atomic E-state index is 11.8. The molecular formula is C16H19NO5. The molecule has 0 spiro atoms. The quantitative estimate of drug-likeness (QED) is 0.608. The van der Waals surface area contributed by atoms with Crippen LogP contribution in [0.2, 0.25) is 0 Å². The normalized spacial score (nSPS) is 11.6. The average molecular weight is 305 g/mol. The summed E-state index contributed by atoms with van der Waals surface area (Å²) in [5.41, 5.74) is 0.973. The number of hydrogen-bond acceptors (Lipinski definition) is 6. The zero-order valence-corrected chi connectivity index (χ0v) is 12.6. The second kappa shape index (κ2) is 8.80. The number of nitriles is 1. The van der Waals surface area contributed by atoms with E-state index in [9.17, 15) is 14.7 Å². The number of ether oxygens (including phenoxy) is 2. The number of esters is 2. The fraction of sp³-hybridized carbons (Fsp3) is 0.438. The molecule has 0 aliphatic rings. The van der Waals surface area contributed by atoms with E-state index in [0.717, 1.165) is 0 Å². The van der Waals surface area contributed by atoms with Crippen molar-refractivity contribution in [3.8, 4) is 6.07 Å². The Bertz CT molecular complexity index is 529. The predicted molar refractivity (Wildman–Crippen MR) is 77.5 cm³/mol. The smallest absolute Gasteiger partial charge is 0.320 e. The average Bonchev–Trinajstić information content (AvgIpc) is 2.52. The summed E-state index contributed by atoms with van der Waals surface area (Å²) in [7, 11) is 0. The van der Waals surface area contributed by atoms with Gasteiger partial charge in [0.1, 0.15) is 0 Å². The third-order valence-electron chi connectivity index (χ3n) is 3.03. The summed E-state index contributed by atoms with van der Waals surface area (Å²) in [5, 5.41) is 18.9. The van der Waals surface area contributed by atoms with Crippen LogP contribution in [0.4, 0.5) is 0 Å². The zero-order chi connectivity index (χ0) is 16.5. The molecule has 1 aromatic rings. The van der Waals surface area contributed by atoms with Crippen LogP contribution in [0.15, 0.2) is 24.3 Å². The first-order chi connectivity index (χ1) is 10.5. The predicted octanol–water partition coefficient (Wildman–Crippen LogP) is 1.72. The molecule has 6 heteroatoms. The molecular weight excluding hydrogens is 286 g/mol. The van der Waals surface area contributed by atoms with E-state index in [1.807, 2.05) is 6.07 Å². The minimum atomic E-state index is -1.18. The molecule has 0 amide bonds. The van der Waals surface area contributed by atoms with Crippen LogP contribution in [0, 0.1) is 17.2 Å². The lowest BCUT2D eigenvalue weighted by Crippen LogP contribution is -2.29. The standard InChI is InChI=1S/C16H19NO5/c1-3-21-15(19)13(16(20)22-4-2)9-14(18)12-7-5-11(10-17)6-8-12/h5-8,13-14,18H,3-4,9H2,1-2H3. The number of hydrogen-bond donors (Lipinski definition) is 1.